The molecular weight excluding hydrogens is 386 g/mol. The van der Waals surface area contributed by atoms with Crippen LogP contribution < -0.4 is 14.8 Å². The molecule has 0 bridgehead atoms. The van der Waals surface area contributed by atoms with Gasteiger partial charge in [0, 0.05) is 6.07 Å². The number of aliphatic imine (C=N–C) groups is 1. The van der Waals surface area contributed by atoms with Gasteiger partial charge in [-0.2, -0.15) is 0 Å². The summed E-state index contributed by atoms with van der Waals surface area (Å²) in [5.41, 5.74) is 0.457. The van der Waals surface area contributed by atoms with Gasteiger partial charge in [0.2, 0.25) is 5.75 Å². The van der Waals surface area contributed by atoms with Gasteiger partial charge in [0.1, 0.15) is 5.75 Å². The van der Waals surface area contributed by atoms with Crippen LogP contribution in [0.4, 0.5) is 11.4 Å². The van der Waals surface area contributed by atoms with Crippen molar-refractivity contribution in [3.05, 3.63) is 57.0 Å². The lowest BCUT2D eigenvalue weighted by molar-refractivity contribution is -0.386. The van der Waals surface area contributed by atoms with Crippen LogP contribution in [0.15, 0.2) is 46.3 Å². The minimum absolute atomic E-state index is 0.0587. The predicted molar refractivity (Wildman–Crippen MR) is 105 cm³/mol. The number of phenols is 1. The largest absolute Gasteiger partial charge is 0.500 e. The van der Waals surface area contributed by atoms with Crippen molar-refractivity contribution in [3.8, 4) is 17.2 Å². The quantitative estimate of drug-likeness (QED) is 0.448. The third kappa shape index (κ3) is 4.07. The SMILES string of the molecule is COc1ccc(N=C2NC(=O)/C(=C\c3cc(OC)c(O)c([N+](=O)[O-])c3)S2)cc1. The lowest BCUT2D eigenvalue weighted by atomic mass is 10.1. The highest BCUT2D eigenvalue weighted by Gasteiger charge is 2.25. The summed E-state index contributed by atoms with van der Waals surface area (Å²) < 4.78 is 10.0. The van der Waals surface area contributed by atoms with Crippen LogP contribution in [0.1, 0.15) is 5.56 Å². The summed E-state index contributed by atoms with van der Waals surface area (Å²) in [5, 5.41) is 24.0. The summed E-state index contributed by atoms with van der Waals surface area (Å²) in [6.07, 6.45) is 1.46. The number of hydrogen-bond donors (Lipinski definition) is 2. The van der Waals surface area contributed by atoms with Crippen molar-refractivity contribution in [1.82, 2.24) is 5.32 Å². The van der Waals surface area contributed by atoms with Crippen molar-refractivity contribution in [2.24, 2.45) is 4.99 Å². The molecule has 10 heteroatoms. The van der Waals surface area contributed by atoms with Crippen LogP contribution in [-0.4, -0.2) is 35.3 Å². The van der Waals surface area contributed by atoms with Crippen LogP contribution >= 0.6 is 11.8 Å². The lowest BCUT2D eigenvalue weighted by Crippen LogP contribution is -2.19. The highest BCUT2D eigenvalue weighted by Crippen LogP contribution is 2.38. The van der Waals surface area contributed by atoms with Crippen molar-refractivity contribution >= 4 is 40.3 Å². The van der Waals surface area contributed by atoms with E-state index in [-0.39, 0.29) is 11.7 Å². The van der Waals surface area contributed by atoms with Gasteiger partial charge in [-0.15, -0.1) is 0 Å². The number of phenolic OH excluding ortho intramolecular Hbond substituents is 1. The van der Waals surface area contributed by atoms with E-state index in [0.29, 0.717) is 27.1 Å². The Morgan fingerprint density at radius 1 is 1.21 bits per heavy atom. The highest BCUT2D eigenvalue weighted by molar-refractivity contribution is 8.18. The smallest absolute Gasteiger partial charge is 0.315 e. The fraction of sp³-hybridized carbons (Fsp3) is 0.111. The molecule has 2 aromatic rings. The molecule has 9 nitrogen and oxygen atoms in total. The van der Waals surface area contributed by atoms with Crippen molar-refractivity contribution in [1.29, 1.82) is 0 Å². The van der Waals surface area contributed by atoms with Crippen LogP contribution in [0.2, 0.25) is 0 Å². The molecule has 144 valence electrons. The zero-order valence-corrected chi connectivity index (χ0v) is 15.6. The van der Waals surface area contributed by atoms with E-state index in [0.717, 1.165) is 17.8 Å². The Kier molecular flexibility index (Phi) is 5.50. The number of aromatic hydroxyl groups is 1. The number of rotatable bonds is 5. The Labute approximate surface area is 163 Å². The highest BCUT2D eigenvalue weighted by atomic mass is 32.2. The molecular formula is C18H15N3O6S. The van der Waals surface area contributed by atoms with E-state index in [2.05, 4.69) is 10.3 Å². The Hall–Kier alpha value is -3.53. The van der Waals surface area contributed by atoms with Gasteiger partial charge >= 0.3 is 5.69 Å². The molecule has 2 N–H and O–H groups in total. The minimum Gasteiger partial charge on any atom is -0.500 e. The van der Waals surface area contributed by atoms with E-state index in [4.69, 9.17) is 9.47 Å². The average Bonchev–Trinajstić information content (AvgIpc) is 3.02. The molecule has 0 spiro atoms. The number of carbonyl (C=O) groups excluding carboxylic acids is 1. The van der Waals surface area contributed by atoms with Crippen LogP contribution in [0.5, 0.6) is 17.2 Å². The van der Waals surface area contributed by atoms with Crippen LogP contribution in [0.3, 0.4) is 0 Å². The van der Waals surface area contributed by atoms with Gasteiger partial charge in [-0.05, 0) is 53.7 Å². The number of ether oxygens (including phenoxy) is 2. The molecule has 28 heavy (non-hydrogen) atoms. The van der Waals surface area contributed by atoms with Crippen LogP contribution in [0.25, 0.3) is 6.08 Å². The number of nitrogens with zero attached hydrogens (tertiary/aromatic N) is 2. The second-order valence-corrected chi connectivity index (χ2v) is 6.56. The topological polar surface area (TPSA) is 123 Å². The van der Waals surface area contributed by atoms with Gasteiger partial charge in [0.25, 0.3) is 5.91 Å². The molecule has 1 heterocycles. The Morgan fingerprint density at radius 3 is 2.54 bits per heavy atom. The van der Waals surface area contributed by atoms with E-state index in [9.17, 15) is 20.0 Å². The average molecular weight is 401 g/mol. The van der Waals surface area contributed by atoms with Gasteiger partial charge in [-0.3, -0.25) is 14.9 Å². The third-order valence-corrected chi connectivity index (χ3v) is 4.66. The zero-order valence-electron chi connectivity index (χ0n) is 14.8. The molecule has 1 aliphatic heterocycles. The monoisotopic (exact) mass is 401 g/mol. The number of nitrogens with one attached hydrogen (secondary N) is 1. The van der Waals surface area contributed by atoms with E-state index >= 15 is 0 Å². The number of nitro groups is 1. The van der Waals surface area contributed by atoms with Gasteiger partial charge in [-0.25, -0.2) is 4.99 Å². The molecule has 0 aliphatic carbocycles. The summed E-state index contributed by atoms with van der Waals surface area (Å²) in [6, 6.07) is 9.56. The van der Waals surface area contributed by atoms with Crippen molar-refractivity contribution in [2.75, 3.05) is 14.2 Å². The molecule has 1 saturated heterocycles. The second-order valence-electron chi connectivity index (χ2n) is 5.53. The third-order valence-electron chi connectivity index (χ3n) is 3.75. The van der Waals surface area contributed by atoms with E-state index in [1.165, 1.54) is 19.3 Å². The van der Waals surface area contributed by atoms with Crippen LogP contribution in [-0.2, 0) is 4.79 Å². The Balaban J connectivity index is 1.89. The number of benzene rings is 2. The van der Waals surface area contributed by atoms with Crippen LogP contribution in [0, 0.1) is 10.1 Å². The minimum atomic E-state index is -0.724. The van der Waals surface area contributed by atoms with Gasteiger partial charge in [0.15, 0.2) is 10.9 Å². The van der Waals surface area contributed by atoms with E-state index < -0.39 is 16.4 Å². The molecule has 0 aromatic heterocycles. The molecule has 0 unspecified atom stereocenters. The Morgan fingerprint density at radius 2 is 1.93 bits per heavy atom. The molecule has 1 amide bonds. The molecule has 2 aromatic carbocycles. The van der Waals surface area contributed by atoms with Gasteiger partial charge < -0.3 is 19.9 Å². The van der Waals surface area contributed by atoms with Gasteiger partial charge in [0.05, 0.1) is 29.7 Å². The number of amides is 1. The lowest BCUT2D eigenvalue weighted by Gasteiger charge is -2.05. The Bertz CT molecular complexity index is 1000. The number of nitro benzene ring substituents is 1. The standard InChI is InChI=1S/C18H15N3O6S/c1-26-12-5-3-11(4-6-12)19-18-20-17(23)15(28-18)9-10-7-13(21(24)25)16(22)14(8-10)27-2/h3-9,22H,1-2H3,(H,19,20,23)/b15-9+. The maximum atomic E-state index is 12.2. The molecule has 3 rings (SSSR count). The predicted octanol–water partition coefficient (Wildman–Crippen LogP) is 3.21. The molecule has 1 aliphatic rings. The molecule has 0 radical (unpaired) electrons. The van der Waals surface area contributed by atoms with Crippen molar-refractivity contribution < 1.29 is 24.3 Å². The zero-order chi connectivity index (χ0) is 20.3. The fourth-order valence-corrected chi connectivity index (χ4v) is 3.24. The first kappa shape index (κ1) is 19.2. The number of methoxy groups -OCH3 is 2. The number of carbonyl (C=O) groups is 1. The first-order valence-electron chi connectivity index (χ1n) is 7.90. The number of thioether (sulfide) groups is 1. The summed E-state index contributed by atoms with van der Waals surface area (Å²) in [6.45, 7) is 0. The molecule has 1 fully saturated rings. The second kappa shape index (κ2) is 8.01. The fourth-order valence-electron chi connectivity index (χ4n) is 2.40. The maximum absolute atomic E-state index is 12.2. The van der Waals surface area contributed by atoms with E-state index in [1.807, 2.05) is 0 Å². The summed E-state index contributed by atoms with van der Waals surface area (Å²) in [7, 11) is 2.85. The van der Waals surface area contributed by atoms with E-state index in [1.54, 1.807) is 31.4 Å². The first-order chi connectivity index (χ1) is 13.4. The summed E-state index contributed by atoms with van der Waals surface area (Å²) in [5.74, 6) is -0.320. The molecule has 0 saturated carbocycles. The first-order valence-corrected chi connectivity index (χ1v) is 8.72. The summed E-state index contributed by atoms with van der Waals surface area (Å²) in [4.78, 5) is 27.2. The van der Waals surface area contributed by atoms with Gasteiger partial charge in [-0.1, -0.05) is 0 Å². The summed E-state index contributed by atoms with van der Waals surface area (Å²) >= 11 is 1.10. The van der Waals surface area contributed by atoms with Crippen molar-refractivity contribution in [2.45, 2.75) is 0 Å². The van der Waals surface area contributed by atoms with Crippen molar-refractivity contribution in [3.63, 3.8) is 0 Å². The maximum Gasteiger partial charge on any atom is 0.315 e. The number of amidine groups is 1. The normalized spacial score (nSPS) is 16.3. The number of hydrogen-bond acceptors (Lipinski definition) is 8. The molecule has 0 atom stereocenters.